The van der Waals surface area contributed by atoms with Gasteiger partial charge >= 0.3 is 18.2 Å². The fourth-order valence-electron chi connectivity index (χ4n) is 4.75. The fraction of sp³-hybridized carbons (Fsp3) is 0.448. The Morgan fingerprint density at radius 3 is 2.25 bits per heavy atom. The van der Waals surface area contributed by atoms with Crippen LogP contribution in [0, 0.1) is 0 Å². The van der Waals surface area contributed by atoms with E-state index in [-0.39, 0.29) is 19.0 Å². The molecule has 2 fully saturated rings. The van der Waals surface area contributed by atoms with Crippen molar-refractivity contribution >= 4 is 29.8 Å². The third kappa shape index (κ3) is 7.50. The lowest BCUT2D eigenvalue weighted by Gasteiger charge is -2.38. The summed E-state index contributed by atoms with van der Waals surface area (Å²) in [6.45, 7) is 7.25. The number of piperazine rings is 1. The summed E-state index contributed by atoms with van der Waals surface area (Å²) in [4.78, 5) is 54.5. The summed E-state index contributed by atoms with van der Waals surface area (Å²) < 4.78 is 10.6. The summed E-state index contributed by atoms with van der Waals surface area (Å²) >= 11 is 0. The Labute approximate surface area is 233 Å². The summed E-state index contributed by atoms with van der Waals surface area (Å²) in [6.07, 6.45) is -1.68. The van der Waals surface area contributed by atoms with Crippen LogP contribution in [-0.2, 0) is 32.0 Å². The van der Waals surface area contributed by atoms with Crippen LogP contribution in [0.5, 0.6) is 0 Å². The van der Waals surface area contributed by atoms with Crippen LogP contribution < -0.4 is 10.2 Å². The Kier molecular flexibility index (Phi) is 8.93. The van der Waals surface area contributed by atoms with Crippen molar-refractivity contribution in [1.82, 2.24) is 15.1 Å². The summed E-state index contributed by atoms with van der Waals surface area (Å²) in [5.74, 6) is -1.18. The molecule has 0 aliphatic carbocycles. The minimum absolute atomic E-state index is 0.0825. The molecule has 11 heteroatoms. The molecule has 2 saturated heterocycles. The fourth-order valence-corrected chi connectivity index (χ4v) is 4.75. The van der Waals surface area contributed by atoms with E-state index in [1.165, 1.54) is 4.90 Å². The Balaban J connectivity index is 1.28. The first-order valence-electron chi connectivity index (χ1n) is 13.3. The van der Waals surface area contributed by atoms with Crippen molar-refractivity contribution in [3.8, 4) is 0 Å². The van der Waals surface area contributed by atoms with Gasteiger partial charge in [-0.3, -0.25) is 19.4 Å². The van der Waals surface area contributed by atoms with Gasteiger partial charge in [-0.25, -0.2) is 9.59 Å². The molecule has 2 aromatic carbocycles. The second kappa shape index (κ2) is 12.4. The number of nitrogens with one attached hydrogen (secondary N) is 1. The highest BCUT2D eigenvalue weighted by atomic mass is 16.6. The Hall–Kier alpha value is -4.12. The number of carboxylic acids is 1. The number of ether oxygens (including phenoxy) is 2. The van der Waals surface area contributed by atoms with Crippen LogP contribution >= 0.6 is 0 Å². The number of carbonyl (C=O) groups is 4. The Morgan fingerprint density at radius 2 is 1.65 bits per heavy atom. The van der Waals surface area contributed by atoms with E-state index < -0.39 is 35.9 Å². The SMILES string of the molecule is CC(C)(C)OC(=O)NCc1ccc(N2CC(C(=O)N3CCN(C(Cc4ccccc4)C(=O)O)CC3)OC2=O)cc1. The number of rotatable bonds is 8. The molecule has 3 amide bonds. The van der Waals surface area contributed by atoms with Crippen LogP contribution in [0.4, 0.5) is 15.3 Å². The zero-order chi connectivity index (χ0) is 28.9. The molecule has 2 aliphatic heterocycles. The van der Waals surface area contributed by atoms with Crippen molar-refractivity contribution < 1.29 is 33.8 Å². The number of carbonyl (C=O) groups excluding carboxylic acids is 3. The number of amides is 3. The van der Waals surface area contributed by atoms with Crippen LogP contribution in [-0.4, -0.2) is 89.4 Å². The number of anilines is 1. The maximum Gasteiger partial charge on any atom is 0.415 e. The number of benzene rings is 2. The maximum atomic E-state index is 13.2. The molecular formula is C29H36N4O7. The van der Waals surface area contributed by atoms with Gasteiger partial charge < -0.3 is 24.8 Å². The van der Waals surface area contributed by atoms with E-state index in [0.29, 0.717) is 38.3 Å². The van der Waals surface area contributed by atoms with E-state index in [0.717, 1.165) is 11.1 Å². The maximum absolute atomic E-state index is 13.2. The molecule has 0 bridgehead atoms. The van der Waals surface area contributed by atoms with Gasteiger partial charge in [-0.15, -0.1) is 0 Å². The highest BCUT2D eigenvalue weighted by Crippen LogP contribution is 2.24. The number of alkyl carbamates (subject to hydrolysis) is 1. The number of carboxylic acid groups (broad SMARTS) is 1. The standard InChI is InChI=1S/C29H36N4O7/c1-29(2,3)40-27(37)30-18-21-9-11-22(12-10-21)33-19-24(39-28(33)38)25(34)32-15-13-31(14-16-32)23(26(35)36)17-20-7-5-4-6-8-20/h4-12,23-24H,13-19H2,1-3H3,(H,30,37)(H,35,36). The molecule has 2 aromatic rings. The van der Waals surface area contributed by atoms with Gasteiger partial charge in [0.25, 0.3) is 5.91 Å². The minimum atomic E-state index is -0.938. The molecule has 2 aliphatic rings. The second-order valence-corrected chi connectivity index (χ2v) is 10.9. The molecule has 2 unspecified atom stereocenters. The van der Waals surface area contributed by atoms with Crippen molar-refractivity contribution in [3.05, 3.63) is 65.7 Å². The van der Waals surface area contributed by atoms with Crippen LogP contribution in [0.2, 0.25) is 0 Å². The second-order valence-electron chi connectivity index (χ2n) is 10.9. The number of nitrogens with zero attached hydrogens (tertiary/aromatic N) is 3. The quantitative estimate of drug-likeness (QED) is 0.512. The van der Waals surface area contributed by atoms with E-state index in [2.05, 4.69) is 5.32 Å². The van der Waals surface area contributed by atoms with Gasteiger partial charge in [0.15, 0.2) is 6.10 Å². The Bertz CT molecular complexity index is 1210. The molecule has 2 atom stereocenters. The van der Waals surface area contributed by atoms with Gasteiger partial charge in [0, 0.05) is 38.4 Å². The highest BCUT2D eigenvalue weighted by molar-refractivity contribution is 5.95. The van der Waals surface area contributed by atoms with Gasteiger partial charge in [0.05, 0.1) is 6.54 Å². The molecule has 0 radical (unpaired) electrons. The summed E-state index contributed by atoms with van der Waals surface area (Å²) in [5.41, 5.74) is 1.75. The third-order valence-electron chi connectivity index (χ3n) is 6.79. The van der Waals surface area contributed by atoms with Crippen molar-refractivity contribution in [3.63, 3.8) is 0 Å². The van der Waals surface area contributed by atoms with Gasteiger partial charge in [-0.2, -0.15) is 0 Å². The van der Waals surface area contributed by atoms with Gasteiger partial charge in [0.2, 0.25) is 0 Å². The zero-order valence-electron chi connectivity index (χ0n) is 23.0. The largest absolute Gasteiger partial charge is 0.480 e. The molecular weight excluding hydrogens is 516 g/mol. The average Bonchev–Trinajstić information content (AvgIpc) is 3.31. The Morgan fingerprint density at radius 1 is 1.00 bits per heavy atom. The van der Waals surface area contributed by atoms with Gasteiger partial charge in [-0.05, 0) is 50.5 Å². The van der Waals surface area contributed by atoms with E-state index in [1.807, 2.05) is 35.2 Å². The van der Waals surface area contributed by atoms with Crippen molar-refractivity contribution in [2.24, 2.45) is 0 Å². The highest BCUT2D eigenvalue weighted by Gasteiger charge is 2.40. The molecule has 0 saturated carbocycles. The van der Waals surface area contributed by atoms with Crippen molar-refractivity contribution in [1.29, 1.82) is 0 Å². The molecule has 2 N–H and O–H groups in total. The van der Waals surface area contributed by atoms with Crippen LogP contribution in [0.3, 0.4) is 0 Å². The third-order valence-corrected chi connectivity index (χ3v) is 6.79. The first-order valence-corrected chi connectivity index (χ1v) is 13.3. The smallest absolute Gasteiger partial charge is 0.415 e. The van der Waals surface area contributed by atoms with Gasteiger partial charge in [-0.1, -0.05) is 42.5 Å². The summed E-state index contributed by atoms with van der Waals surface area (Å²) in [6, 6.07) is 15.8. The topological polar surface area (TPSA) is 129 Å². The van der Waals surface area contributed by atoms with Crippen LogP contribution in [0.15, 0.2) is 54.6 Å². The van der Waals surface area contributed by atoms with E-state index in [1.54, 1.807) is 49.9 Å². The number of hydrogen-bond donors (Lipinski definition) is 2. The van der Waals surface area contributed by atoms with Crippen molar-refractivity contribution in [2.75, 3.05) is 37.6 Å². The lowest BCUT2D eigenvalue weighted by Crippen LogP contribution is -2.56. The molecule has 11 nitrogen and oxygen atoms in total. The summed E-state index contributed by atoms with van der Waals surface area (Å²) in [5, 5.41) is 12.5. The molecule has 0 aromatic heterocycles. The number of hydrogen-bond acceptors (Lipinski definition) is 7. The molecule has 40 heavy (non-hydrogen) atoms. The molecule has 0 spiro atoms. The number of aliphatic carboxylic acids is 1. The number of cyclic esters (lactones) is 1. The lowest BCUT2D eigenvalue weighted by atomic mass is 10.0. The molecule has 2 heterocycles. The first-order chi connectivity index (χ1) is 19.0. The minimum Gasteiger partial charge on any atom is -0.480 e. The first kappa shape index (κ1) is 28.9. The van der Waals surface area contributed by atoms with Crippen LogP contribution in [0.1, 0.15) is 31.9 Å². The van der Waals surface area contributed by atoms with Crippen molar-refractivity contribution in [2.45, 2.75) is 51.5 Å². The van der Waals surface area contributed by atoms with Gasteiger partial charge in [0.1, 0.15) is 11.6 Å². The van der Waals surface area contributed by atoms with Crippen LogP contribution in [0.25, 0.3) is 0 Å². The summed E-state index contributed by atoms with van der Waals surface area (Å²) in [7, 11) is 0. The van der Waals surface area contributed by atoms with E-state index in [9.17, 15) is 24.3 Å². The lowest BCUT2D eigenvalue weighted by molar-refractivity contribution is -0.146. The van der Waals surface area contributed by atoms with E-state index in [4.69, 9.17) is 9.47 Å². The zero-order valence-corrected chi connectivity index (χ0v) is 23.0. The predicted octanol–water partition coefficient (Wildman–Crippen LogP) is 2.88. The molecule has 214 valence electrons. The normalized spacial score (nSPS) is 18.7. The van der Waals surface area contributed by atoms with E-state index >= 15 is 0 Å². The molecule has 4 rings (SSSR count). The monoisotopic (exact) mass is 552 g/mol. The predicted molar refractivity (Wildman–Crippen MR) is 147 cm³/mol. The average molecular weight is 553 g/mol.